The fourth-order valence-corrected chi connectivity index (χ4v) is 3.35. The van der Waals surface area contributed by atoms with Crippen LogP contribution in [0.4, 0.5) is 11.4 Å². The van der Waals surface area contributed by atoms with Crippen LogP contribution in [0.15, 0.2) is 30.3 Å². The molecule has 1 amide bonds. The van der Waals surface area contributed by atoms with Gasteiger partial charge in [0.15, 0.2) is 11.5 Å². The highest BCUT2D eigenvalue weighted by atomic mass is 16.5. The van der Waals surface area contributed by atoms with Crippen LogP contribution < -0.4 is 20.5 Å². The Hall–Kier alpha value is -3.28. The molecule has 1 aliphatic rings. The summed E-state index contributed by atoms with van der Waals surface area (Å²) in [6.45, 7) is 0. The normalized spacial score (nSPS) is 13.2. The zero-order valence-corrected chi connectivity index (χ0v) is 13.1. The van der Waals surface area contributed by atoms with Gasteiger partial charge in [-0.25, -0.2) is 0 Å². The van der Waals surface area contributed by atoms with Crippen LogP contribution in [0.5, 0.6) is 11.5 Å². The number of carbonyl (C=O) groups excluding carboxylic acids is 2. The van der Waals surface area contributed by atoms with Gasteiger partial charge in [-0.3, -0.25) is 9.59 Å². The van der Waals surface area contributed by atoms with E-state index >= 15 is 0 Å². The molecule has 0 saturated carbocycles. The van der Waals surface area contributed by atoms with Gasteiger partial charge in [-0.05, 0) is 16.8 Å². The largest absolute Gasteiger partial charge is 0.492 e. The minimum absolute atomic E-state index is 0.109. The van der Waals surface area contributed by atoms with Gasteiger partial charge in [0.25, 0.3) is 11.7 Å². The van der Waals surface area contributed by atoms with Gasteiger partial charge in [0.1, 0.15) is 0 Å². The Morgan fingerprint density at radius 3 is 2.42 bits per heavy atom. The molecule has 24 heavy (non-hydrogen) atoms. The molecule has 3 N–H and O–H groups in total. The van der Waals surface area contributed by atoms with Gasteiger partial charge < -0.3 is 20.5 Å². The third kappa shape index (κ3) is 1.65. The summed E-state index contributed by atoms with van der Waals surface area (Å²) < 4.78 is 10.9. The number of ketones is 1. The summed E-state index contributed by atoms with van der Waals surface area (Å²) in [5.74, 6) is -0.694. The number of nitrogens with one attached hydrogen (secondary N) is 1. The molecule has 0 fully saturated rings. The second kappa shape index (κ2) is 4.86. The molecule has 120 valence electrons. The van der Waals surface area contributed by atoms with Gasteiger partial charge in [-0.15, -0.1) is 0 Å². The first-order valence-corrected chi connectivity index (χ1v) is 7.33. The van der Waals surface area contributed by atoms with E-state index in [0.29, 0.717) is 22.2 Å². The van der Waals surface area contributed by atoms with E-state index in [4.69, 9.17) is 15.2 Å². The highest BCUT2D eigenvalue weighted by molar-refractivity contribution is 6.53. The van der Waals surface area contributed by atoms with Gasteiger partial charge in [-0.1, -0.05) is 24.3 Å². The number of carbonyl (C=O) groups is 2. The van der Waals surface area contributed by atoms with Crippen LogP contribution in [0.1, 0.15) is 10.4 Å². The molecule has 0 unspecified atom stereocenters. The molecule has 6 nitrogen and oxygen atoms in total. The maximum atomic E-state index is 12.4. The lowest BCUT2D eigenvalue weighted by atomic mass is 9.90. The number of nitrogens with two attached hydrogens (primary N) is 1. The Morgan fingerprint density at radius 1 is 1.00 bits per heavy atom. The Bertz CT molecular complexity index is 1060. The Labute approximate surface area is 137 Å². The lowest BCUT2D eigenvalue weighted by Gasteiger charge is -2.23. The fraction of sp³-hybridized carbons (Fsp3) is 0.111. The monoisotopic (exact) mass is 322 g/mol. The minimum Gasteiger partial charge on any atom is -0.492 e. The number of benzene rings is 3. The quantitative estimate of drug-likeness (QED) is 0.430. The van der Waals surface area contributed by atoms with E-state index in [2.05, 4.69) is 5.32 Å². The third-order valence-electron chi connectivity index (χ3n) is 4.34. The minimum atomic E-state index is -0.710. The number of hydrogen-bond donors (Lipinski definition) is 2. The number of Topliss-reactive ketones (excluding diaryl/α,β-unsaturated/α-hetero) is 1. The number of anilines is 2. The molecule has 3 aromatic rings. The topological polar surface area (TPSA) is 90.7 Å². The highest BCUT2D eigenvalue weighted by Crippen LogP contribution is 2.50. The summed E-state index contributed by atoms with van der Waals surface area (Å²) in [5.41, 5.74) is 6.95. The predicted molar refractivity (Wildman–Crippen MR) is 91.9 cm³/mol. The van der Waals surface area contributed by atoms with Crippen LogP contribution in [0.3, 0.4) is 0 Å². The molecule has 0 saturated heterocycles. The third-order valence-corrected chi connectivity index (χ3v) is 4.34. The second-order valence-corrected chi connectivity index (χ2v) is 5.53. The van der Waals surface area contributed by atoms with Crippen molar-refractivity contribution in [2.45, 2.75) is 0 Å². The van der Waals surface area contributed by atoms with Crippen molar-refractivity contribution in [1.82, 2.24) is 0 Å². The van der Waals surface area contributed by atoms with E-state index in [9.17, 15) is 9.59 Å². The van der Waals surface area contributed by atoms with Crippen LogP contribution >= 0.6 is 0 Å². The molecule has 0 atom stereocenters. The highest BCUT2D eigenvalue weighted by Gasteiger charge is 2.33. The fourth-order valence-electron chi connectivity index (χ4n) is 3.35. The van der Waals surface area contributed by atoms with E-state index < -0.39 is 11.7 Å². The van der Waals surface area contributed by atoms with Crippen molar-refractivity contribution in [1.29, 1.82) is 0 Å². The lowest BCUT2D eigenvalue weighted by molar-refractivity contribution is -0.112. The van der Waals surface area contributed by atoms with Gasteiger partial charge in [0.2, 0.25) is 0 Å². The Morgan fingerprint density at radius 2 is 1.71 bits per heavy atom. The first-order chi connectivity index (χ1) is 11.6. The van der Waals surface area contributed by atoms with E-state index in [1.54, 1.807) is 0 Å². The van der Waals surface area contributed by atoms with Crippen molar-refractivity contribution in [3.63, 3.8) is 0 Å². The number of rotatable bonds is 2. The van der Waals surface area contributed by atoms with Crippen LogP contribution in [0.2, 0.25) is 0 Å². The SMILES string of the molecule is COc1c(N)c2c3c(cc4ccccc4c3c1OC)NC(=O)C2=O. The molecule has 0 bridgehead atoms. The van der Waals surface area contributed by atoms with E-state index in [1.165, 1.54) is 14.2 Å². The average molecular weight is 322 g/mol. The summed E-state index contributed by atoms with van der Waals surface area (Å²) in [5, 5.41) is 5.71. The van der Waals surface area contributed by atoms with Crippen molar-refractivity contribution in [3.05, 3.63) is 35.9 Å². The maximum absolute atomic E-state index is 12.4. The van der Waals surface area contributed by atoms with E-state index in [-0.39, 0.29) is 17.0 Å². The number of amides is 1. The lowest BCUT2D eigenvalue weighted by Crippen LogP contribution is -2.28. The first-order valence-electron chi connectivity index (χ1n) is 7.33. The van der Waals surface area contributed by atoms with Crippen LogP contribution in [0, 0.1) is 0 Å². The van der Waals surface area contributed by atoms with Crippen molar-refractivity contribution >= 4 is 44.6 Å². The van der Waals surface area contributed by atoms with E-state index in [0.717, 1.165) is 10.8 Å². The van der Waals surface area contributed by atoms with Crippen molar-refractivity contribution in [3.8, 4) is 11.5 Å². The van der Waals surface area contributed by atoms with Gasteiger partial charge in [-0.2, -0.15) is 0 Å². The molecule has 0 aromatic heterocycles. The zero-order valence-electron chi connectivity index (χ0n) is 13.1. The molecule has 6 heteroatoms. The Balaban J connectivity index is 2.37. The molecule has 1 heterocycles. The maximum Gasteiger partial charge on any atom is 0.296 e. The predicted octanol–water partition coefficient (Wildman–Crippen LogP) is 2.73. The van der Waals surface area contributed by atoms with Crippen LogP contribution in [-0.4, -0.2) is 25.9 Å². The number of hydrogen-bond acceptors (Lipinski definition) is 5. The molecule has 0 aliphatic carbocycles. The molecule has 0 radical (unpaired) electrons. The second-order valence-electron chi connectivity index (χ2n) is 5.53. The standard InChI is InChI=1S/C18H14N2O4/c1-23-16-11-9-6-4-3-5-8(9)7-10-12(11)13(14(19)17(16)24-2)15(21)18(22)20-10/h3-7H,19H2,1-2H3,(H,20,22). The molecule has 1 aliphatic heterocycles. The number of methoxy groups -OCH3 is 2. The van der Waals surface area contributed by atoms with Gasteiger partial charge in [0.05, 0.1) is 31.2 Å². The summed E-state index contributed by atoms with van der Waals surface area (Å²) in [6, 6.07) is 9.48. The summed E-state index contributed by atoms with van der Waals surface area (Å²) in [6.07, 6.45) is 0. The van der Waals surface area contributed by atoms with Crippen molar-refractivity contribution < 1.29 is 19.1 Å². The van der Waals surface area contributed by atoms with Gasteiger partial charge >= 0.3 is 0 Å². The van der Waals surface area contributed by atoms with Gasteiger partial charge in [0, 0.05) is 10.8 Å². The summed E-state index contributed by atoms with van der Waals surface area (Å²) >= 11 is 0. The molecule has 4 rings (SSSR count). The van der Waals surface area contributed by atoms with Crippen LogP contribution in [0.25, 0.3) is 21.5 Å². The van der Waals surface area contributed by atoms with E-state index in [1.807, 2.05) is 30.3 Å². The summed E-state index contributed by atoms with van der Waals surface area (Å²) in [4.78, 5) is 24.5. The first kappa shape index (κ1) is 14.3. The van der Waals surface area contributed by atoms with Crippen LogP contribution in [-0.2, 0) is 4.79 Å². The number of nitrogen functional groups attached to an aromatic ring is 1. The Kier molecular flexibility index (Phi) is 2.90. The summed E-state index contributed by atoms with van der Waals surface area (Å²) in [7, 11) is 2.97. The zero-order chi connectivity index (χ0) is 17.0. The molecular formula is C18H14N2O4. The number of ether oxygens (including phenoxy) is 2. The molecular weight excluding hydrogens is 308 g/mol. The smallest absolute Gasteiger partial charge is 0.296 e. The average Bonchev–Trinajstić information content (AvgIpc) is 2.59. The molecule has 0 spiro atoms. The number of fused-ring (bicyclic) bond motifs is 2. The van der Waals surface area contributed by atoms with Crippen molar-refractivity contribution in [2.24, 2.45) is 0 Å². The molecule has 3 aromatic carbocycles. The van der Waals surface area contributed by atoms with Crippen molar-refractivity contribution in [2.75, 3.05) is 25.3 Å².